The first-order valence-corrected chi connectivity index (χ1v) is 7.55. The lowest BCUT2D eigenvalue weighted by Gasteiger charge is -2.27. The van der Waals surface area contributed by atoms with Gasteiger partial charge in [0, 0.05) is 6.04 Å². The molecular weight excluding hydrogens is 250 g/mol. The molecule has 20 heavy (non-hydrogen) atoms. The van der Waals surface area contributed by atoms with Gasteiger partial charge in [0.2, 0.25) is 0 Å². The smallest absolute Gasteiger partial charge is 0.119 e. The van der Waals surface area contributed by atoms with Gasteiger partial charge in [0.05, 0.1) is 5.60 Å². The number of hydrogen-bond acceptors (Lipinski definition) is 3. The van der Waals surface area contributed by atoms with Gasteiger partial charge in [-0.2, -0.15) is 0 Å². The average molecular weight is 279 g/mol. The Labute approximate surface area is 123 Å². The van der Waals surface area contributed by atoms with Gasteiger partial charge in [-0.1, -0.05) is 32.9 Å². The van der Waals surface area contributed by atoms with Gasteiger partial charge >= 0.3 is 0 Å². The Morgan fingerprint density at radius 1 is 1.20 bits per heavy atom. The summed E-state index contributed by atoms with van der Waals surface area (Å²) in [5.41, 5.74) is 0.454. The summed E-state index contributed by atoms with van der Waals surface area (Å²) in [6, 6.07) is 8.44. The summed E-state index contributed by atoms with van der Waals surface area (Å²) < 4.78 is 5.68. The monoisotopic (exact) mass is 279 g/mol. The maximum absolute atomic E-state index is 10.2. The van der Waals surface area contributed by atoms with Crippen LogP contribution < -0.4 is 10.1 Å². The van der Waals surface area contributed by atoms with Crippen LogP contribution in [0.15, 0.2) is 24.3 Å². The van der Waals surface area contributed by atoms with Crippen molar-refractivity contribution in [3.63, 3.8) is 0 Å². The zero-order valence-corrected chi connectivity index (χ0v) is 13.4. The fourth-order valence-corrected chi connectivity index (χ4v) is 1.73. The SMILES string of the molecule is CCCNC(C)c1ccc(OCC(C)(O)C(C)C)cc1. The molecule has 1 aromatic rings. The molecule has 2 atom stereocenters. The third kappa shape index (κ3) is 5.14. The number of rotatable bonds is 8. The van der Waals surface area contributed by atoms with Crippen LogP contribution in [0.3, 0.4) is 0 Å². The Morgan fingerprint density at radius 2 is 1.80 bits per heavy atom. The molecule has 0 radical (unpaired) electrons. The van der Waals surface area contributed by atoms with Crippen molar-refractivity contribution in [3.8, 4) is 5.75 Å². The summed E-state index contributed by atoms with van der Waals surface area (Å²) in [4.78, 5) is 0. The lowest BCUT2D eigenvalue weighted by atomic mass is 9.94. The van der Waals surface area contributed by atoms with Crippen LogP contribution in [-0.2, 0) is 0 Å². The standard InChI is InChI=1S/C17H29NO2/c1-6-11-18-14(4)15-7-9-16(10-8-15)20-12-17(5,19)13(2)3/h7-10,13-14,18-19H,6,11-12H2,1-5H3. The van der Waals surface area contributed by atoms with Crippen LogP contribution in [0.4, 0.5) is 0 Å². The minimum Gasteiger partial charge on any atom is -0.491 e. The van der Waals surface area contributed by atoms with Crippen LogP contribution in [0, 0.1) is 5.92 Å². The summed E-state index contributed by atoms with van der Waals surface area (Å²) in [7, 11) is 0. The number of aliphatic hydroxyl groups is 1. The van der Waals surface area contributed by atoms with E-state index in [0.29, 0.717) is 12.6 Å². The van der Waals surface area contributed by atoms with E-state index in [1.165, 1.54) is 5.56 Å². The highest BCUT2D eigenvalue weighted by molar-refractivity contribution is 5.29. The maximum atomic E-state index is 10.2. The Hall–Kier alpha value is -1.06. The minimum absolute atomic E-state index is 0.167. The number of hydrogen-bond donors (Lipinski definition) is 2. The van der Waals surface area contributed by atoms with Gasteiger partial charge < -0.3 is 15.2 Å². The Bertz CT molecular complexity index is 384. The largest absolute Gasteiger partial charge is 0.491 e. The van der Waals surface area contributed by atoms with Gasteiger partial charge in [-0.3, -0.25) is 0 Å². The van der Waals surface area contributed by atoms with Crippen molar-refractivity contribution in [2.45, 2.75) is 52.7 Å². The van der Waals surface area contributed by atoms with Crippen LogP contribution in [0.5, 0.6) is 5.75 Å². The van der Waals surface area contributed by atoms with E-state index < -0.39 is 5.60 Å². The van der Waals surface area contributed by atoms with Crippen molar-refractivity contribution >= 4 is 0 Å². The van der Waals surface area contributed by atoms with E-state index in [4.69, 9.17) is 4.74 Å². The fraction of sp³-hybridized carbons (Fsp3) is 0.647. The van der Waals surface area contributed by atoms with E-state index in [1.807, 2.05) is 32.9 Å². The third-order valence-electron chi connectivity index (χ3n) is 3.86. The van der Waals surface area contributed by atoms with Crippen LogP contribution >= 0.6 is 0 Å². The minimum atomic E-state index is -0.797. The molecule has 0 fully saturated rings. The molecule has 0 spiro atoms. The first-order chi connectivity index (χ1) is 9.36. The highest BCUT2D eigenvalue weighted by atomic mass is 16.5. The van der Waals surface area contributed by atoms with E-state index in [9.17, 15) is 5.11 Å². The van der Waals surface area contributed by atoms with Crippen LogP contribution in [0.1, 0.15) is 52.6 Å². The van der Waals surface area contributed by atoms with E-state index in [1.54, 1.807) is 0 Å². The normalized spacial score (nSPS) is 15.9. The molecule has 0 aromatic heterocycles. The molecular formula is C17H29NO2. The molecule has 0 aliphatic rings. The van der Waals surface area contributed by atoms with Crippen molar-refractivity contribution in [1.82, 2.24) is 5.32 Å². The van der Waals surface area contributed by atoms with Crippen LogP contribution in [0.2, 0.25) is 0 Å². The lowest BCUT2D eigenvalue weighted by Crippen LogP contribution is -2.37. The van der Waals surface area contributed by atoms with Gasteiger partial charge in [0.1, 0.15) is 12.4 Å². The Balaban J connectivity index is 2.54. The third-order valence-corrected chi connectivity index (χ3v) is 3.86. The number of ether oxygens (including phenoxy) is 1. The molecule has 0 amide bonds. The van der Waals surface area contributed by atoms with E-state index in [2.05, 4.69) is 31.3 Å². The molecule has 3 heteroatoms. The Morgan fingerprint density at radius 3 is 2.30 bits per heavy atom. The van der Waals surface area contributed by atoms with E-state index >= 15 is 0 Å². The fourth-order valence-electron chi connectivity index (χ4n) is 1.73. The molecule has 0 saturated carbocycles. The van der Waals surface area contributed by atoms with Crippen LogP contribution in [-0.4, -0.2) is 23.9 Å². The highest BCUT2D eigenvalue weighted by Crippen LogP contribution is 2.21. The second-order valence-electron chi connectivity index (χ2n) is 6.05. The molecule has 3 nitrogen and oxygen atoms in total. The molecule has 2 N–H and O–H groups in total. The number of nitrogens with one attached hydrogen (secondary N) is 1. The molecule has 0 aliphatic carbocycles. The zero-order chi connectivity index (χ0) is 15.2. The number of benzene rings is 1. The van der Waals surface area contributed by atoms with Gasteiger partial charge in [0.25, 0.3) is 0 Å². The van der Waals surface area contributed by atoms with Crippen molar-refractivity contribution in [3.05, 3.63) is 29.8 Å². The summed E-state index contributed by atoms with van der Waals surface area (Å²) in [6.07, 6.45) is 1.13. The first kappa shape index (κ1) is 17.0. The summed E-state index contributed by atoms with van der Waals surface area (Å²) >= 11 is 0. The maximum Gasteiger partial charge on any atom is 0.119 e. The van der Waals surface area contributed by atoms with Crippen molar-refractivity contribution < 1.29 is 9.84 Å². The quantitative estimate of drug-likeness (QED) is 0.765. The van der Waals surface area contributed by atoms with E-state index in [0.717, 1.165) is 18.7 Å². The summed E-state index contributed by atoms with van der Waals surface area (Å²) in [5, 5.41) is 13.6. The van der Waals surface area contributed by atoms with Gasteiger partial charge in [-0.15, -0.1) is 0 Å². The second kappa shape index (κ2) is 7.65. The molecule has 0 bridgehead atoms. The molecule has 0 aliphatic heterocycles. The van der Waals surface area contributed by atoms with E-state index in [-0.39, 0.29) is 5.92 Å². The molecule has 2 unspecified atom stereocenters. The summed E-state index contributed by atoms with van der Waals surface area (Å²) in [6.45, 7) is 11.5. The molecule has 114 valence electrons. The topological polar surface area (TPSA) is 41.5 Å². The zero-order valence-electron chi connectivity index (χ0n) is 13.4. The van der Waals surface area contributed by atoms with Crippen molar-refractivity contribution in [2.24, 2.45) is 5.92 Å². The predicted molar refractivity (Wildman–Crippen MR) is 84.1 cm³/mol. The van der Waals surface area contributed by atoms with Crippen molar-refractivity contribution in [2.75, 3.05) is 13.2 Å². The van der Waals surface area contributed by atoms with Gasteiger partial charge in [-0.25, -0.2) is 0 Å². The predicted octanol–water partition coefficient (Wildman–Crippen LogP) is 3.53. The van der Waals surface area contributed by atoms with Crippen molar-refractivity contribution in [1.29, 1.82) is 0 Å². The highest BCUT2D eigenvalue weighted by Gasteiger charge is 2.25. The van der Waals surface area contributed by atoms with Gasteiger partial charge in [-0.05, 0) is 50.4 Å². The average Bonchev–Trinajstić information content (AvgIpc) is 2.43. The molecule has 1 aromatic carbocycles. The molecule has 0 heterocycles. The summed E-state index contributed by atoms with van der Waals surface area (Å²) in [5.74, 6) is 0.970. The van der Waals surface area contributed by atoms with Gasteiger partial charge in [0.15, 0.2) is 0 Å². The molecule has 1 rings (SSSR count). The lowest BCUT2D eigenvalue weighted by molar-refractivity contribution is -0.0266. The Kier molecular flexibility index (Phi) is 6.50. The first-order valence-electron chi connectivity index (χ1n) is 7.55. The molecule has 0 saturated heterocycles. The van der Waals surface area contributed by atoms with Crippen LogP contribution in [0.25, 0.3) is 0 Å². The second-order valence-corrected chi connectivity index (χ2v) is 6.05.